The van der Waals surface area contributed by atoms with Crippen LogP contribution >= 0.6 is 0 Å². The minimum absolute atomic E-state index is 0.277. The Kier molecular flexibility index (Phi) is 4.58. The molecular formula is C19H27NO4. The van der Waals surface area contributed by atoms with E-state index in [9.17, 15) is 4.79 Å². The molecule has 1 fully saturated rings. The van der Waals surface area contributed by atoms with Crippen molar-refractivity contribution in [1.29, 1.82) is 0 Å². The number of nitrogens with zero attached hydrogens (tertiary/aromatic N) is 1. The van der Waals surface area contributed by atoms with E-state index in [4.69, 9.17) is 14.2 Å². The lowest BCUT2D eigenvalue weighted by Crippen LogP contribution is -2.49. The molecule has 1 aliphatic heterocycles. The van der Waals surface area contributed by atoms with Crippen LogP contribution in [0.4, 0.5) is 4.79 Å². The first-order valence-electron chi connectivity index (χ1n) is 8.60. The first kappa shape index (κ1) is 17.2. The summed E-state index contributed by atoms with van der Waals surface area (Å²) in [5.74, 6) is 0. The fourth-order valence-corrected chi connectivity index (χ4v) is 3.67. The molecule has 5 nitrogen and oxygen atoms in total. The van der Waals surface area contributed by atoms with E-state index in [1.54, 1.807) is 4.90 Å². The summed E-state index contributed by atoms with van der Waals surface area (Å²) in [5.41, 5.74) is 1.49. The summed E-state index contributed by atoms with van der Waals surface area (Å²) >= 11 is 0. The predicted molar refractivity (Wildman–Crippen MR) is 90.7 cm³/mol. The molecule has 1 saturated heterocycles. The van der Waals surface area contributed by atoms with Gasteiger partial charge in [0.05, 0.1) is 18.8 Å². The van der Waals surface area contributed by atoms with Crippen LogP contribution in [0.25, 0.3) is 0 Å². The van der Waals surface area contributed by atoms with E-state index in [2.05, 4.69) is 12.1 Å². The van der Waals surface area contributed by atoms with Gasteiger partial charge in [-0.3, -0.25) is 0 Å². The molecule has 24 heavy (non-hydrogen) atoms. The Morgan fingerprint density at radius 3 is 2.62 bits per heavy atom. The van der Waals surface area contributed by atoms with Gasteiger partial charge in [0.25, 0.3) is 0 Å². The number of hydrogen-bond acceptors (Lipinski definition) is 4. The van der Waals surface area contributed by atoms with Crippen molar-refractivity contribution in [3.8, 4) is 0 Å². The highest BCUT2D eigenvalue weighted by Gasteiger charge is 2.47. The summed E-state index contributed by atoms with van der Waals surface area (Å²) in [6.45, 7) is 6.88. The lowest BCUT2D eigenvalue weighted by molar-refractivity contribution is -0.0840. The van der Waals surface area contributed by atoms with Crippen molar-refractivity contribution in [3.63, 3.8) is 0 Å². The maximum Gasteiger partial charge on any atom is 0.410 e. The zero-order valence-electron chi connectivity index (χ0n) is 15.0. The van der Waals surface area contributed by atoms with Crippen LogP contribution in [0.15, 0.2) is 24.3 Å². The Hall–Kier alpha value is -1.59. The van der Waals surface area contributed by atoms with Gasteiger partial charge in [0, 0.05) is 13.5 Å². The van der Waals surface area contributed by atoms with Gasteiger partial charge >= 0.3 is 6.09 Å². The molecule has 0 bridgehead atoms. The van der Waals surface area contributed by atoms with Crippen molar-refractivity contribution in [2.75, 3.05) is 20.3 Å². The maximum absolute atomic E-state index is 12.8. The molecule has 0 N–H and O–H groups in total. The van der Waals surface area contributed by atoms with Crippen molar-refractivity contribution in [3.05, 3.63) is 35.4 Å². The molecule has 0 spiro atoms. The molecule has 1 unspecified atom stereocenters. The Morgan fingerprint density at radius 1 is 1.29 bits per heavy atom. The number of hydrogen-bond donors (Lipinski definition) is 0. The van der Waals surface area contributed by atoms with E-state index in [1.165, 1.54) is 11.1 Å². The summed E-state index contributed by atoms with van der Waals surface area (Å²) < 4.78 is 17.0. The average Bonchev–Trinajstić information content (AvgIpc) is 3.14. The molecule has 0 saturated carbocycles. The molecule has 132 valence electrons. The van der Waals surface area contributed by atoms with Crippen molar-refractivity contribution in [2.45, 2.75) is 57.5 Å². The topological polar surface area (TPSA) is 48.0 Å². The van der Waals surface area contributed by atoms with Gasteiger partial charge in [0.15, 0.2) is 6.29 Å². The number of carbonyl (C=O) groups is 1. The number of rotatable bonds is 3. The average molecular weight is 333 g/mol. The monoisotopic (exact) mass is 333 g/mol. The van der Waals surface area contributed by atoms with Gasteiger partial charge in [-0.05, 0) is 44.7 Å². The number of aryl methyl sites for hydroxylation is 1. The molecule has 0 aromatic heterocycles. The normalized spacial score (nSPS) is 24.0. The van der Waals surface area contributed by atoms with Crippen LogP contribution in [0.2, 0.25) is 0 Å². The van der Waals surface area contributed by atoms with Crippen LogP contribution in [0.5, 0.6) is 0 Å². The van der Waals surface area contributed by atoms with Gasteiger partial charge in [-0.1, -0.05) is 24.3 Å². The van der Waals surface area contributed by atoms with E-state index in [0.717, 1.165) is 12.8 Å². The van der Waals surface area contributed by atoms with Crippen LogP contribution in [0, 0.1) is 0 Å². The van der Waals surface area contributed by atoms with Gasteiger partial charge < -0.3 is 19.1 Å². The van der Waals surface area contributed by atoms with E-state index in [0.29, 0.717) is 19.6 Å². The number of fused-ring (bicyclic) bond motifs is 1. The second-order valence-electron chi connectivity index (χ2n) is 7.60. The standard InChI is InChI=1S/C19H27NO4/c1-18(2,3)24-17(21)20(4)19(13-16-22-11-12-23-16)10-9-14-7-5-6-8-15(14)19/h5-8,16H,9-13H2,1-4H3. The van der Waals surface area contributed by atoms with Crippen LogP contribution in [-0.2, 0) is 26.2 Å². The van der Waals surface area contributed by atoms with Crippen molar-refractivity contribution in [2.24, 2.45) is 0 Å². The summed E-state index contributed by atoms with van der Waals surface area (Å²) in [5, 5.41) is 0. The molecule has 1 amide bonds. The molecule has 1 aromatic carbocycles. The number of carbonyl (C=O) groups excluding carboxylic acids is 1. The highest BCUT2D eigenvalue weighted by Crippen LogP contribution is 2.45. The number of benzene rings is 1. The van der Waals surface area contributed by atoms with E-state index in [1.807, 2.05) is 40.0 Å². The van der Waals surface area contributed by atoms with Gasteiger partial charge in [-0.15, -0.1) is 0 Å². The number of amides is 1. The largest absolute Gasteiger partial charge is 0.444 e. The lowest BCUT2D eigenvalue weighted by Gasteiger charge is -2.41. The molecular weight excluding hydrogens is 306 g/mol. The molecule has 1 atom stereocenters. The Morgan fingerprint density at radius 2 is 1.96 bits per heavy atom. The summed E-state index contributed by atoms with van der Waals surface area (Å²) in [6.07, 6.45) is 1.83. The van der Waals surface area contributed by atoms with Gasteiger partial charge in [0.2, 0.25) is 0 Å². The molecule has 3 rings (SSSR count). The second-order valence-corrected chi connectivity index (χ2v) is 7.60. The second kappa shape index (κ2) is 6.37. The van der Waals surface area contributed by atoms with Crippen LogP contribution < -0.4 is 0 Å². The molecule has 1 heterocycles. The van der Waals surface area contributed by atoms with Gasteiger partial charge in [-0.25, -0.2) is 4.79 Å². The first-order valence-corrected chi connectivity index (χ1v) is 8.60. The van der Waals surface area contributed by atoms with Gasteiger partial charge in [-0.2, -0.15) is 0 Å². The minimum Gasteiger partial charge on any atom is -0.444 e. The first-order chi connectivity index (χ1) is 11.3. The molecule has 5 heteroatoms. The van der Waals surface area contributed by atoms with Crippen LogP contribution in [0.3, 0.4) is 0 Å². The Labute approximate surface area is 143 Å². The Bertz CT molecular complexity index is 604. The molecule has 2 aliphatic rings. The summed E-state index contributed by atoms with van der Waals surface area (Å²) in [6, 6.07) is 8.32. The zero-order chi connectivity index (χ0) is 17.4. The molecule has 1 aromatic rings. The third kappa shape index (κ3) is 3.28. The van der Waals surface area contributed by atoms with Crippen molar-refractivity contribution >= 4 is 6.09 Å². The van der Waals surface area contributed by atoms with E-state index < -0.39 is 11.1 Å². The maximum atomic E-state index is 12.8. The summed E-state index contributed by atoms with van der Waals surface area (Å²) in [4.78, 5) is 14.5. The van der Waals surface area contributed by atoms with E-state index in [-0.39, 0.29) is 12.4 Å². The fraction of sp³-hybridized carbons (Fsp3) is 0.632. The Balaban J connectivity index is 1.92. The van der Waals surface area contributed by atoms with Crippen molar-refractivity contribution < 1.29 is 19.0 Å². The predicted octanol–water partition coefficient (Wildman–Crippen LogP) is 3.46. The summed E-state index contributed by atoms with van der Waals surface area (Å²) in [7, 11) is 1.82. The van der Waals surface area contributed by atoms with Crippen molar-refractivity contribution in [1.82, 2.24) is 4.90 Å². The van der Waals surface area contributed by atoms with Crippen LogP contribution in [0.1, 0.15) is 44.7 Å². The third-order valence-electron chi connectivity index (χ3n) is 4.83. The smallest absolute Gasteiger partial charge is 0.410 e. The SMILES string of the molecule is CN(C(=O)OC(C)(C)C)C1(CC2OCCO2)CCc2ccccc21. The fourth-order valence-electron chi connectivity index (χ4n) is 3.67. The number of ether oxygens (including phenoxy) is 3. The third-order valence-corrected chi connectivity index (χ3v) is 4.83. The highest BCUT2D eigenvalue weighted by molar-refractivity contribution is 5.70. The lowest BCUT2D eigenvalue weighted by atomic mass is 9.86. The zero-order valence-corrected chi connectivity index (χ0v) is 15.0. The molecule has 1 aliphatic carbocycles. The minimum atomic E-state index is -0.523. The van der Waals surface area contributed by atoms with E-state index >= 15 is 0 Å². The molecule has 0 radical (unpaired) electrons. The van der Waals surface area contributed by atoms with Crippen LogP contribution in [-0.4, -0.2) is 43.1 Å². The highest BCUT2D eigenvalue weighted by atomic mass is 16.7. The quantitative estimate of drug-likeness (QED) is 0.850. The van der Waals surface area contributed by atoms with Gasteiger partial charge in [0.1, 0.15) is 5.60 Å².